The van der Waals surface area contributed by atoms with Crippen LogP contribution in [0.5, 0.6) is 0 Å². The Morgan fingerprint density at radius 2 is 2.22 bits per heavy atom. The summed E-state index contributed by atoms with van der Waals surface area (Å²) in [5.41, 5.74) is 5.81. The van der Waals surface area contributed by atoms with Crippen molar-refractivity contribution in [3.8, 4) is 0 Å². The molecule has 0 bridgehead atoms. The van der Waals surface area contributed by atoms with Crippen molar-refractivity contribution in [2.24, 2.45) is 5.92 Å². The average molecular weight is 266 g/mol. The van der Waals surface area contributed by atoms with Crippen molar-refractivity contribution in [3.05, 3.63) is 4.88 Å². The molecule has 0 spiro atoms. The predicted molar refractivity (Wildman–Crippen MR) is 72.8 cm³/mol. The van der Waals surface area contributed by atoms with Gasteiger partial charge in [0.15, 0.2) is 5.13 Å². The van der Waals surface area contributed by atoms with Crippen LogP contribution >= 0.6 is 11.3 Å². The summed E-state index contributed by atoms with van der Waals surface area (Å²) in [5, 5.41) is 7.07. The molecule has 2 atom stereocenters. The Bertz CT molecular complexity index is 469. The second-order valence-corrected chi connectivity index (χ2v) is 6.30. The quantitative estimate of drug-likeness (QED) is 0.776. The van der Waals surface area contributed by atoms with E-state index in [1.807, 2.05) is 0 Å². The highest BCUT2D eigenvalue weighted by atomic mass is 32.1. The summed E-state index contributed by atoms with van der Waals surface area (Å²) in [6, 6.07) is 0.831. The fraction of sp³-hybridized carbons (Fsp3) is 0.667. The molecule has 18 heavy (non-hydrogen) atoms. The topological polar surface area (TPSA) is 80.0 Å². The van der Waals surface area contributed by atoms with E-state index in [1.54, 1.807) is 0 Å². The minimum Gasteiger partial charge on any atom is -0.382 e. The highest BCUT2D eigenvalue weighted by Gasteiger charge is 2.35. The molecule has 0 saturated heterocycles. The third-order valence-corrected chi connectivity index (χ3v) is 4.72. The van der Waals surface area contributed by atoms with Gasteiger partial charge >= 0.3 is 0 Å². The summed E-state index contributed by atoms with van der Waals surface area (Å²) < 4.78 is 0. The van der Waals surface area contributed by atoms with E-state index in [1.165, 1.54) is 30.6 Å². The van der Waals surface area contributed by atoms with Gasteiger partial charge in [0.1, 0.15) is 10.7 Å². The molecule has 1 amide bonds. The largest absolute Gasteiger partial charge is 0.382 e. The van der Waals surface area contributed by atoms with Gasteiger partial charge < -0.3 is 16.4 Å². The minimum atomic E-state index is -0.0824. The maximum Gasteiger partial charge on any atom is 0.265 e. The maximum atomic E-state index is 12.0. The molecule has 2 unspecified atom stereocenters. The third kappa shape index (κ3) is 2.29. The van der Waals surface area contributed by atoms with Gasteiger partial charge in [-0.3, -0.25) is 4.79 Å². The summed E-state index contributed by atoms with van der Waals surface area (Å²) in [4.78, 5) is 16.8. The number of nitrogen functional groups attached to an aromatic ring is 1. The minimum absolute atomic E-state index is 0.0824. The highest BCUT2D eigenvalue weighted by Crippen LogP contribution is 2.32. The molecule has 6 heteroatoms. The number of anilines is 2. The number of amides is 1. The summed E-state index contributed by atoms with van der Waals surface area (Å²) in [6.07, 6.45) is 4.70. The molecule has 0 radical (unpaired) electrons. The SMILES string of the molecule is CC1CC1NC(=O)c1sc(NC2CCC2)nc1N. The van der Waals surface area contributed by atoms with E-state index < -0.39 is 0 Å². The normalized spacial score (nSPS) is 26.5. The lowest BCUT2D eigenvalue weighted by Gasteiger charge is -2.25. The molecular formula is C12H18N4OS. The molecular weight excluding hydrogens is 248 g/mol. The number of hydrogen-bond donors (Lipinski definition) is 3. The van der Waals surface area contributed by atoms with Gasteiger partial charge in [-0.1, -0.05) is 18.3 Å². The third-order valence-electron chi connectivity index (χ3n) is 3.72. The molecule has 1 heterocycles. The number of nitrogens with one attached hydrogen (secondary N) is 2. The molecule has 2 aliphatic rings. The Labute approximate surface area is 110 Å². The number of carbonyl (C=O) groups is 1. The van der Waals surface area contributed by atoms with Crippen molar-refractivity contribution in [1.29, 1.82) is 0 Å². The van der Waals surface area contributed by atoms with Gasteiger partial charge in [-0.25, -0.2) is 4.98 Å². The zero-order valence-electron chi connectivity index (χ0n) is 10.4. The Hall–Kier alpha value is -1.30. The smallest absolute Gasteiger partial charge is 0.265 e. The molecule has 4 N–H and O–H groups in total. The van der Waals surface area contributed by atoms with Crippen LogP contribution in [0.2, 0.25) is 0 Å². The van der Waals surface area contributed by atoms with Gasteiger partial charge in [0.2, 0.25) is 0 Å². The number of hydrogen-bond acceptors (Lipinski definition) is 5. The first-order valence-electron chi connectivity index (χ1n) is 6.47. The van der Waals surface area contributed by atoms with Gasteiger partial charge in [-0.05, 0) is 31.6 Å². The van der Waals surface area contributed by atoms with Crippen LogP contribution < -0.4 is 16.4 Å². The van der Waals surface area contributed by atoms with Crippen LogP contribution in [0.4, 0.5) is 10.9 Å². The Kier molecular flexibility index (Phi) is 2.89. The van der Waals surface area contributed by atoms with Crippen LogP contribution in [-0.4, -0.2) is 23.0 Å². The van der Waals surface area contributed by atoms with Gasteiger partial charge in [0.05, 0.1) is 0 Å². The van der Waals surface area contributed by atoms with E-state index in [-0.39, 0.29) is 5.91 Å². The zero-order chi connectivity index (χ0) is 12.7. The molecule has 2 saturated carbocycles. The van der Waals surface area contributed by atoms with E-state index in [9.17, 15) is 4.79 Å². The molecule has 5 nitrogen and oxygen atoms in total. The van der Waals surface area contributed by atoms with Crippen LogP contribution in [0.3, 0.4) is 0 Å². The van der Waals surface area contributed by atoms with Crippen molar-refractivity contribution in [3.63, 3.8) is 0 Å². The van der Waals surface area contributed by atoms with Crippen LogP contribution in [0, 0.1) is 5.92 Å². The van der Waals surface area contributed by atoms with E-state index in [4.69, 9.17) is 5.73 Å². The summed E-state index contributed by atoms with van der Waals surface area (Å²) in [5.74, 6) is 0.851. The second-order valence-electron chi connectivity index (χ2n) is 5.30. The lowest BCUT2D eigenvalue weighted by atomic mass is 9.93. The zero-order valence-corrected chi connectivity index (χ0v) is 11.2. The first-order valence-corrected chi connectivity index (χ1v) is 7.29. The number of thiazole rings is 1. The molecule has 2 fully saturated rings. The van der Waals surface area contributed by atoms with E-state index >= 15 is 0 Å². The molecule has 1 aromatic heterocycles. The molecule has 2 aliphatic carbocycles. The van der Waals surface area contributed by atoms with Crippen molar-refractivity contribution < 1.29 is 4.79 Å². The van der Waals surface area contributed by atoms with Gasteiger partial charge in [-0.2, -0.15) is 0 Å². The lowest BCUT2D eigenvalue weighted by Crippen LogP contribution is -2.26. The van der Waals surface area contributed by atoms with Crippen LogP contribution in [-0.2, 0) is 0 Å². The first kappa shape index (κ1) is 11.8. The van der Waals surface area contributed by atoms with Crippen molar-refractivity contribution >= 4 is 28.2 Å². The van der Waals surface area contributed by atoms with Crippen LogP contribution in [0.25, 0.3) is 0 Å². The van der Waals surface area contributed by atoms with Gasteiger partial charge in [-0.15, -0.1) is 0 Å². The monoisotopic (exact) mass is 266 g/mol. The van der Waals surface area contributed by atoms with Crippen molar-refractivity contribution in [1.82, 2.24) is 10.3 Å². The number of nitrogens with two attached hydrogens (primary N) is 1. The number of aromatic nitrogens is 1. The highest BCUT2D eigenvalue weighted by molar-refractivity contribution is 7.18. The average Bonchev–Trinajstić information content (AvgIpc) is 2.81. The Morgan fingerprint density at radius 3 is 2.78 bits per heavy atom. The lowest BCUT2D eigenvalue weighted by molar-refractivity contribution is 0.0954. The molecule has 98 valence electrons. The van der Waals surface area contributed by atoms with E-state index in [0.29, 0.717) is 28.7 Å². The van der Waals surface area contributed by atoms with Crippen molar-refractivity contribution in [2.75, 3.05) is 11.1 Å². The van der Waals surface area contributed by atoms with Crippen LogP contribution in [0.1, 0.15) is 42.3 Å². The molecule has 1 aromatic rings. The van der Waals surface area contributed by atoms with Crippen molar-refractivity contribution in [2.45, 2.75) is 44.7 Å². The molecule has 0 aromatic carbocycles. The Balaban J connectivity index is 1.65. The Morgan fingerprint density at radius 1 is 1.50 bits per heavy atom. The summed E-state index contributed by atoms with van der Waals surface area (Å²) in [6.45, 7) is 2.13. The molecule has 0 aliphatic heterocycles. The van der Waals surface area contributed by atoms with Gasteiger partial charge in [0.25, 0.3) is 5.91 Å². The fourth-order valence-electron chi connectivity index (χ4n) is 2.04. The summed E-state index contributed by atoms with van der Waals surface area (Å²) in [7, 11) is 0. The van der Waals surface area contributed by atoms with Crippen LogP contribution in [0.15, 0.2) is 0 Å². The van der Waals surface area contributed by atoms with E-state index in [0.717, 1.165) is 11.6 Å². The standard InChI is InChI=1S/C12H18N4OS/c1-6-5-8(6)15-11(17)9-10(13)16-12(18-9)14-7-3-2-4-7/h6-8H,2-5,13H2,1H3,(H,14,16)(H,15,17). The van der Waals surface area contributed by atoms with Gasteiger partial charge in [0, 0.05) is 12.1 Å². The first-order chi connectivity index (χ1) is 8.63. The summed E-state index contributed by atoms with van der Waals surface area (Å²) >= 11 is 1.36. The second kappa shape index (κ2) is 4.42. The van der Waals surface area contributed by atoms with E-state index in [2.05, 4.69) is 22.5 Å². The fourth-order valence-corrected chi connectivity index (χ4v) is 2.91. The maximum absolute atomic E-state index is 12.0. The number of carbonyl (C=O) groups excluding carboxylic acids is 1. The number of rotatable bonds is 4. The molecule has 3 rings (SSSR count). The predicted octanol–water partition coefficient (Wildman–Crippen LogP) is 1.83. The number of nitrogens with zero attached hydrogens (tertiary/aromatic N) is 1.